The Hall–Kier alpha value is -1.92. The number of hydrogen-bond acceptors (Lipinski definition) is 4. The molecule has 134 valence electrons. The maximum Gasteiger partial charge on any atom is 0.272 e. The van der Waals surface area contributed by atoms with Crippen molar-refractivity contribution in [3.05, 3.63) is 30.0 Å². The molecule has 3 heterocycles. The molecule has 1 N–H and O–H groups in total. The van der Waals surface area contributed by atoms with E-state index in [1.807, 2.05) is 28.9 Å². The predicted octanol–water partition coefficient (Wildman–Crippen LogP) is 2.37. The quantitative estimate of drug-likeness (QED) is 0.905. The highest BCUT2D eigenvalue weighted by Crippen LogP contribution is 2.23. The summed E-state index contributed by atoms with van der Waals surface area (Å²) >= 11 is 0. The number of ether oxygens (including phenoxy) is 2. The van der Waals surface area contributed by atoms with Crippen molar-refractivity contribution in [3.8, 4) is 0 Å². The molecule has 6 heteroatoms. The van der Waals surface area contributed by atoms with E-state index in [0.717, 1.165) is 63.0 Å². The third-order valence-corrected chi connectivity index (χ3v) is 5.16. The van der Waals surface area contributed by atoms with Gasteiger partial charge in [-0.3, -0.25) is 9.48 Å². The SMILES string of the molecule is O=C(NCC1CCCO1)c1nn(CC2CCOCC2)c2ccccc12. The van der Waals surface area contributed by atoms with E-state index in [1.165, 1.54) is 0 Å². The number of nitrogens with zero attached hydrogens (tertiary/aromatic N) is 2. The molecule has 6 nitrogen and oxygen atoms in total. The molecule has 4 rings (SSSR count). The number of carbonyl (C=O) groups excluding carboxylic acids is 1. The highest BCUT2D eigenvalue weighted by molar-refractivity contribution is 6.04. The number of rotatable bonds is 5. The Kier molecular flexibility index (Phi) is 4.99. The second kappa shape index (κ2) is 7.54. The molecular weight excluding hydrogens is 318 g/mol. The van der Waals surface area contributed by atoms with Crippen molar-refractivity contribution in [1.82, 2.24) is 15.1 Å². The standard InChI is InChI=1S/C19H25N3O3/c23-19(20-12-15-4-3-9-25-15)18-16-5-1-2-6-17(16)22(21-18)13-14-7-10-24-11-8-14/h1-2,5-6,14-15H,3-4,7-13H2,(H,20,23). The third kappa shape index (κ3) is 3.70. The highest BCUT2D eigenvalue weighted by atomic mass is 16.5. The van der Waals surface area contributed by atoms with Gasteiger partial charge in [-0.15, -0.1) is 0 Å². The van der Waals surface area contributed by atoms with Crippen LogP contribution in [0.4, 0.5) is 0 Å². The fraction of sp³-hybridized carbons (Fsp3) is 0.579. The second-order valence-electron chi connectivity index (χ2n) is 6.95. The first kappa shape index (κ1) is 16.5. The smallest absolute Gasteiger partial charge is 0.272 e. The number of benzene rings is 1. The van der Waals surface area contributed by atoms with Gasteiger partial charge in [0, 0.05) is 38.3 Å². The summed E-state index contributed by atoms with van der Waals surface area (Å²) in [5, 5.41) is 8.56. The third-order valence-electron chi connectivity index (χ3n) is 5.16. The lowest BCUT2D eigenvalue weighted by Crippen LogP contribution is -2.32. The summed E-state index contributed by atoms with van der Waals surface area (Å²) in [4.78, 5) is 12.7. The molecule has 0 bridgehead atoms. The monoisotopic (exact) mass is 343 g/mol. The Morgan fingerprint density at radius 3 is 2.84 bits per heavy atom. The Morgan fingerprint density at radius 1 is 1.20 bits per heavy atom. The van der Waals surface area contributed by atoms with Crippen molar-refractivity contribution in [2.24, 2.45) is 5.92 Å². The lowest BCUT2D eigenvalue weighted by atomic mass is 10.0. The summed E-state index contributed by atoms with van der Waals surface area (Å²) in [6.45, 7) is 3.82. The number of aromatic nitrogens is 2. The highest BCUT2D eigenvalue weighted by Gasteiger charge is 2.22. The van der Waals surface area contributed by atoms with Gasteiger partial charge >= 0.3 is 0 Å². The maximum atomic E-state index is 12.7. The van der Waals surface area contributed by atoms with Gasteiger partial charge in [-0.1, -0.05) is 18.2 Å². The Bertz CT molecular complexity index is 731. The van der Waals surface area contributed by atoms with Crippen LogP contribution in [0.25, 0.3) is 10.9 Å². The lowest BCUT2D eigenvalue weighted by molar-refractivity contribution is 0.0604. The summed E-state index contributed by atoms with van der Waals surface area (Å²) in [6.07, 6.45) is 4.32. The van der Waals surface area contributed by atoms with Gasteiger partial charge in [0.2, 0.25) is 0 Å². The molecule has 2 aliphatic rings. The zero-order valence-electron chi connectivity index (χ0n) is 14.4. The first-order valence-electron chi connectivity index (χ1n) is 9.24. The van der Waals surface area contributed by atoms with Gasteiger partial charge in [0.15, 0.2) is 5.69 Å². The number of hydrogen-bond donors (Lipinski definition) is 1. The van der Waals surface area contributed by atoms with Gasteiger partial charge in [-0.25, -0.2) is 0 Å². The van der Waals surface area contributed by atoms with Crippen molar-refractivity contribution in [3.63, 3.8) is 0 Å². The van der Waals surface area contributed by atoms with Crippen molar-refractivity contribution < 1.29 is 14.3 Å². The second-order valence-corrected chi connectivity index (χ2v) is 6.95. The van der Waals surface area contributed by atoms with Gasteiger partial charge in [0.05, 0.1) is 11.6 Å². The number of carbonyl (C=O) groups is 1. The van der Waals surface area contributed by atoms with Crippen LogP contribution in [0.2, 0.25) is 0 Å². The van der Waals surface area contributed by atoms with E-state index in [-0.39, 0.29) is 12.0 Å². The summed E-state index contributed by atoms with van der Waals surface area (Å²) in [5.74, 6) is 0.442. The normalized spacial score (nSPS) is 21.7. The molecule has 1 amide bonds. The number of fused-ring (bicyclic) bond motifs is 1. The molecule has 1 atom stereocenters. The molecule has 1 aromatic heterocycles. The first-order chi connectivity index (χ1) is 12.3. The molecule has 0 spiro atoms. The summed E-state index contributed by atoms with van der Waals surface area (Å²) in [7, 11) is 0. The van der Waals surface area contributed by atoms with Crippen LogP contribution in [0, 0.1) is 5.92 Å². The molecule has 1 unspecified atom stereocenters. The van der Waals surface area contributed by atoms with Crippen LogP contribution < -0.4 is 5.32 Å². The van der Waals surface area contributed by atoms with Crippen LogP contribution in [0.1, 0.15) is 36.2 Å². The number of amides is 1. The van der Waals surface area contributed by atoms with E-state index in [1.54, 1.807) is 0 Å². The van der Waals surface area contributed by atoms with Crippen LogP contribution in [0.3, 0.4) is 0 Å². The van der Waals surface area contributed by atoms with E-state index < -0.39 is 0 Å². The number of nitrogens with one attached hydrogen (secondary N) is 1. The van der Waals surface area contributed by atoms with E-state index in [0.29, 0.717) is 18.2 Å². The molecule has 0 radical (unpaired) electrons. The molecule has 0 saturated carbocycles. The van der Waals surface area contributed by atoms with Crippen LogP contribution in [-0.4, -0.2) is 48.2 Å². The van der Waals surface area contributed by atoms with Crippen LogP contribution >= 0.6 is 0 Å². The maximum absolute atomic E-state index is 12.7. The van der Waals surface area contributed by atoms with E-state index in [4.69, 9.17) is 9.47 Å². The van der Waals surface area contributed by atoms with E-state index in [2.05, 4.69) is 10.4 Å². The average Bonchev–Trinajstić information content (AvgIpc) is 3.29. The first-order valence-corrected chi connectivity index (χ1v) is 9.24. The van der Waals surface area contributed by atoms with Gasteiger partial charge in [0.1, 0.15) is 0 Å². The molecule has 0 aliphatic carbocycles. The fourth-order valence-electron chi connectivity index (χ4n) is 3.70. The van der Waals surface area contributed by atoms with Gasteiger partial charge in [-0.2, -0.15) is 5.10 Å². The van der Waals surface area contributed by atoms with Crippen molar-refractivity contribution in [1.29, 1.82) is 0 Å². The van der Waals surface area contributed by atoms with Crippen LogP contribution in [-0.2, 0) is 16.0 Å². The fourth-order valence-corrected chi connectivity index (χ4v) is 3.70. The molecular formula is C19H25N3O3. The van der Waals surface area contributed by atoms with Crippen LogP contribution in [0.5, 0.6) is 0 Å². The Morgan fingerprint density at radius 2 is 2.04 bits per heavy atom. The summed E-state index contributed by atoms with van der Waals surface area (Å²) in [5.41, 5.74) is 1.54. The average molecular weight is 343 g/mol. The molecule has 2 saturated heterocycles. The van der Waals surface area contributed by atoms with E-state index >= 15 is 0 Å². The Balaban J connectivity index is 1.52. The van der Waals surface area contributed by atoms with Gasteiger partial charge in [-0.05, 0) is 37.7 Å². The lowest BCUT2D eigenvalue weighted by Gasteiger charge is -2.22. The molecule has 2 fully saturated rings. The minimum absolute atomic E-state index is 0.113. The molecule has 2 aromatic rings. The molecule has 2 aliphatic heterocycles. The molecule has 1 aromatic carbocycles. The minimum atomic E-state index is -0.113. The van der Waals surface area contributed by atoms with Crippen molar-refractivity contribution in [2.45, 2.75) is 38.3 Å². The zero-order chi connectivity index (χ0) is 17.1. The van der Waals surface area contributed by atoms with Gasteiger partial charge in [0.25, 0.3) is 5.91 Å². The minimum Gasteiger partial charge on any atom is -0.381 e. The van der Waals surface area contributed by atoms with Crippen molar-refractivity contribution >= 4 is 16.8 Å². The summed E-state index contributed by atoms with van der Waals surface area (Å²) in [6, 6.07) is 7.97. The number of para-hydroxylation sites is 1. The van der Waals surface area contributed by atoms with Crippen LogP contribution in [0.15, 0.2) is 24.3 Å². The van der Waals surface area contributed by atoms with Crippen molar-refractivity contribution in [2.75, 3.05) is 26.4 Å². The largest absolute Gasteiger partial charge is 0.381 e. The molecule has 25 heavy (non-hydrogen) atoms. The Labute approximate surface area is 147 Å². The predicted molar refractivity (Wildman–Crippen MR) is 94.6 cm³/mol. The topological polar surface area (TPSA) is 65.4 Å². The summed E-state index contributed by atoms with van der Waals surface area (Å²) < 4.78 is 13.0. The van der Waals surface area contributed by atoms with E-state index in [9.17, 15) is 4.79 Å². The zero-order valence-corrected chi connectivity index (χ0v) is 14.4. The van der Waals surface area contributed by atoms with Gasteiger partial charge < -0.3 is 14.8 Å².